The van der Waals surface area contributed by atoms with E-state index in [-0.39, 0.29) is 30.2 Å². The first-order chi connectivity index (χ1) is 14.4. The number of pyridine rings is 1. The second-order valence-electron chi connectivity index (χ2n) is 7.60. The van der Waals surface area contributed by atoms with E-state index in [1.54, 1.807) is 46.3 Å². The second kappa shape index (κ2) is 9.98. The number of piperidine rings is 1. The quantitative estimate of drug-likeness (QED) is 0.762. The molecule has 0 saturated carbocycles. The fourth-order valence-corrected chi connectivity index (χ4v) is 3.41. The first kappa shape index (κ1) is 21.4. The highest BCUT2D eigenvalue weighted by molar-refractivity contribution is 6.01. The molecule has 1 aliphatic heterocycles. The molecule has 2 N–H and O–H groups in total. The number of amides is 3. The molecular formula is C22H27N5O3. The number of hydrogen-bond donors (Lipinski definition) is 2. The van der Waals surface area contributed by atoms with Crippen LogP contribution in [0.25, 0.3) is 0 Å². The molecular weight excluding hydrogens is 382 g/mol. The van der Waals surface area contributed by atoms with Crippen LogP contribution in [0.2, 0.25) is 0 Å². The summed E-state index contributed by atoms with van der Waals surface area (Å²) in [5, 5.41) is 5.77. The number of hydrogen-bond acceptors (Lipinski definition) is 5. The molecule has 1 aliphatic rings. The number of carbonyl (C=O) groups is 3. The van der Waals surface area contributed by atoms with E-state index in [1.807, 2.05) is 26.2 Å². The van der Waals surface area contributed by atoms with Crippen LogP contribution in [0.5, 0.6) is 0 Å². The molecule has 3 rings (SSSR count). The van der Waals surface area contributed by atoms with E-state index in [1.165, 1.54) is 0 Å². The molecule has 0 aliphatic carbocycles. The fourth-order valence-electron chi connectivity index (χ4n) is 3.41. The Morgan fingerprint density at radius 1 is 1.00 bits per heavy atom. The Labute approximate surface area is 176 Å². The fraction of sp³-hybridized carbons (Fsp3) is 0.364. The van der Waals surface area contributed by atoms with Crippen molar-refractivity contribution in [3.05, 3.63) is 54.4 Å². The third-order valence-electron chi connectivity index (χ3n) is 4.96. The zero-order valence-corrected chi connectivity index (χ0v) is 17.3. The minimum Gasteiger partial charge on any atom is -0.337 e. The molecule has 0 atom stereocenters. The van der Waals surface area contributed by atoms with Gasteiger partial charge in [0.05, 0.1) is 17.9 Å². The van der Waals surface area contributed by atoms with Gasteiger partial charge in [0.1, 0.15) is 5.69 Å². The first-order valence-electron chi connectivity index (χ1n) is 9.99. The zero-order chi connectivity index (χ0) is 21.5. The van der Waals surface area contributed by atoms with Crippen molar-refractivity contribution in [2.75, 3.05) is 44.4 Å². The monoisotopic (exact) mass is 409 g/mol. The average molecular weight is 409 g/mol. The lowest BCUT2D eigenvalue weighted by atomic mass is 9.95. The predicted molar refractivity (Wildman–Crippen MR) is 115 cm³/mol. The summed E-state index contributed by atoms with van der Waals surface area (Å²) < 4.78 is 0. The van der Waals surface area contributed by atoms with Gasteiger partial charge < -0.3 is 20.4 Å². The van der Waals surface area contributed by atoms with Gasteiger partial charge >= 0.3 is 0 Å². The molecule has 2 aromatic rings. The van der Waals surface area contributed by atoms with E-state index in [4.69, 9.17) is 0 Å². The van der Waals surface area contributed by atoms with Crippen molar-refractivity contribution in [3.8, 4) is 0 Å². The van der Waals surface area contributed by atoms with Crippen LogP contribution in [0.15, 0.2) is 48.7 Å². The Kier molecular flexibility index (Phi) is 7.13. The van der Waals surface area contributed by atoms with Crippen molar-refractivity contribution in [1.82, 2.24) is 14.8 Å². The lowest BCUT2D eigenvalue weighted by molar-refractivity contribution is -0.121. The molecule has 1 fully saturated rings. The van der Waals surface area contributed by atoms with Crippen LogP contribution in [0.3, 0.4) is 0 Å². The standard InChI is InChI=1S/C22H27N5O3/c1-26(2)15-20(28)24-17-7-3-4-8-18(17)25-21(29)16-10-13-27(14-11-16)22(30)19-9-5-6-12-23-19/h3-9,12,16H,10-11,13-15H2,1-2H3,(H,24,28)(H,25,29). The van der Waals surface area contributed by atoms with Gasteiger partial charge in [-0.15, -0.1) is 0 Å². The summed E-state index contributed by atoms with van der Waals surface area (Å²) >= 11 is 0. The zero-order valence-electron chi connectivity index (χ0n) is 17.3. The molecule has 158 valence electrons. The molecule has 0 unspecified atom stereocenters. The largest absolute Gasteiger partial charge is 0.337 e. The van der Waals surface area contributed by atoms with Crippen LogP contribution in [-0.2, 0) is 9.59 Å². The molecule has 0 radical (unpaired) electrons. The van der Waals surface area contributed by atoms with Crippen LogP contribution in [0, 0.1) is 5.92 Å². The van der Waals surface area contributed by atoms with Crippen molar-refractivity contribution in [2.24, 2.45) is 5.92 Å². The Balaban J connectivity index is 1.56. The van der Waals surface area contributed by atoms with Crippen molar-refractivity contribution in [2.45, 2.75) is 12.8 Å². The lowest BCUT2D eigenvalue weighted by Crippen LogP contribution is -2.41. The number of likely N-dealkylation sites (tertiary alicyclic amines) is 1. The molecule has 0 bridgehead atoms. The van der Waals surface area contributed by atoms with Crippen LogP contribution in [-0.4, -0.2) is 66.2 Å². The molecule has 1 aromatic heterocycles. The SMILES string of the molecule is CN(C)CC(=O)Nc1ccccc1NC(=O)C1CCN(C(=O)c2ccccn2)CC1. The van der Waals surface area contributed by atoms with Crippen molar-refractivity contribution < 1.29 is 14.4 Å². The summed E-state index contributed by atoms with van der Waals surface area (Å²) in [6, 6.07) is 12.4. The number of para-hydroxylation sites is 2. The Hall–Kier alpha value is -3.26. The topological polar surface area (TPSA) is 94.6 Å². The van der Waals surface area contributed by atoms with Gasteiger partial charge in [0.25, 0.3) is 5.91 Å². The smallest absolute Gasteiger partial charge is 0.272 e. The number of nitrogens with zero attached hydrogens (tertiary/aromatic N) is 3. The maximum atomic E-state index is 12.8. The second-order valence-corrected chi connectivity index (χ2v) is 7.60. The van der Waals surface area contributed by atoms with Crippen molar-refractivity contribution >= 4 is 29.1 Å². The maximum Gasteiger partial charge on any atom is 0.272 e. The highest BCUT2D eigenvalue weighted by atomic mass is 16.2. The summed E-state index contributed by atoms with van der Waals surface area (Å²) in [6.07, 6.45) is 2.77. The Morgan fingerprint density at radius 3 is 2.23 bits per heavy atom. The summed E-state index contributed by atoms with van der Waals surface area (Å²) in [6.45, 7) is 1.27. The number of aromatic nitrogens is 1. The lowest BCUT2D eigenvalue weighted by Gasteiger charge is -2.31. The van der Waals surface area contributed by atoms with E-state index in [9.17, 15) is 14.4 Å². The summed E-state index contributed by atoms with van der Waals surface area (Å²) in [5.74, 6) is -0.552. The highest BCUT2D eigenvalue weighted by Gasteiger charge is 2.28. The molecule has 8 nitrogen and oxygen atoms in total. The molecule has 3 amide bonds. The van der Waals surface area contributed by atoms with Crippen LogP contribution >= 0.6 is 0 Å². The number of carbonyl (C=O) groups excluding carboxylic acids is 3. The van der Waals surface area contributed by atoms with Gasteiger partial charge in [-0.05, 0) is 51.2 Å². The third-order valence-corrected chi connectivity index (χ3v) is 4.96. The molecule has 1 aromatic carbocycles. The number of benzene rings is 1. The highest BCUT2D eigenvalue weighted by Crippen LogP contribution is 2.25. The average Bonchev–Trinajstić information content (AvgIpc) is 2.74. The van der Waals surface area contributed by atoms with Gasteiger partial charge in [0.2, 0.25) is 11.8 Å². The van der Waals surface area contributed by atoms with Gasteiger partial charge in [-0.25, -0.2) is 0 Å². The molecule has 1 saturated heterocycles. The number of likely N-dealkylation sites (N-methyl/N-ethyl adjacent to an activating group) is 1. The minimum atomic E-state index is -0.191. The van der Waals surface area contributed by atoms with E-state index < -0.39 is 0 Å². The number of anilines is 2. The Bertz CT molecular complexity index is 893. The normalized spacial score (nSPS) is 14.4. The summed E-state index contributed by atoms with van der Waals surface area (Å²) in [7, 11) is 3.64. The summed E-state index contributed by atoms with van der Waals surface area (Å²) in [4.78, 5) is 45.0. The van der Waals surface area contributed by atoms with Gasteiger partial charge in [-0.3, -0.25) is 19.4 Å². The first-order valence-corrected chi connectivity index (χ1v) is 9.99. The van der Waals surface area contributed by atoms with E-state index in [0.29, 0.717) is 43.0 Å². The van der Waals surface area contributed by atoms with Gasteiger partial charge in [0.15, 0.2) is 0 Å². The molecule has 2 heterocycles. The van der Waals surface area contributed by atoms with Crippen LogP contribution < -0.4 is 10.6 Å². The van der Waals surface area contributed by atoms with E-state index >= 15 is 0 Å². The maximum absolute atomic E-state index is 12.8. The van der Waals surface area contributed by atoms with Gasteiger partial charge in [-0.2, -0.15) is 0 Å². The van der Waals surface area contributed by atoms with E-state index in [0.717, 1.165) is 0 Å². The van der Waals surface area contributed by atoms with Gasteiger partial charge in [0, 0.05) is 25.2 Å². The predicted octanol–water partition coefficient (Wildman–Crippen LogP) is 2.07. The Morgan fingerprint density at radius 2 is 1.63 bits per heavy atom. The summed E-state index contributed by atoms with van der Waals surface area (Å²) in [5.41, 5.74) is 1.56. The van der Waals surface area contributed by atoms with Gasteiger partial charge in [-0.1, -0.05) is 18.2 Å². The third kappa shape index (κ3) is 5.64. The van der Waals surface area contributed by atoms with Crippen molar-refractivity contribution in [1.29, 1.82) is 0 Å². The molecule has 30 heavy (non-hydrogen) atoms. The minimum absolute atomic E-state index is 0.103. The molecule has 8 heteroatoms. The van der Waals surface area contributed by atoms with Crippen LogP contribution in [0.1, 0.15) is 23.3 Å². The number of nitrogens with one attached hydrogen (secondary N) is 2. The van der Waals surface area contributed by atoms with Crippen molar-refractivity contribution in [3.63, 3.8) is 0 Å². The number of rotatable bonds is 6. The molecule has 0 spiro atoms. The van der Waals surface area contributed by atoms with Crippen LogP contribution in [0.4, 0.5) is 11.4 Å². The van der Waals surface area contributed by atoms with E-state index in [2.05, 4.69) is 15.6 Å².